The van der Waals surface area contributed by atoms with Gasteiger partial charge in [-0.15, -0.1) is 0 Å². The van der Waals surface area contributed by atoms with Crippen LogP contribution in [0.1, 0.15) is 22.2 Å². The summed E-state index contributed by atoms with van der Waals surface area (Å²) in [6, 6.07) is 3.33. The van der Waals surface area contributed by atoms with Gasteiger partial charge in [-0.05, 0) is 19.1 Å². The molecule has 18 heavy (non-hydrogen) atoms. The third-order valence-electron chi connectivity index (χ3n) is 2.23. The van der Waals surface area contributed by atoms with Crippen LogP contribution in [0.25, 0.3) is 0 Å². The van der Waals surface area contributed by atoms with Crippen LogP contribution < -0.4 is 5.32 Å². The van der Waals surface area contributed by atoms with E-state index >= 15 is 0 Å². The van der Waals surface area contributed by atoms with Crippen LogP contribution in [0.3, 0.4) is 0 Å². The van der Waals surface area contributed by atoms with Gasteiger partial charge in [0.15, 0.2) is 11.5 Å². The Hall–Kier alpha value is -2.44. The van der Waals surface area contributed by atoms with E-state index in [2.05, 4.69) is 20.4 Å². The Morgan fingerprint density at radius 2 is 2.39 bits per heavy atom. The summed E-state index contributed by atoms with van der Waals surface area (Å²) in [5.74, 6) is 0.0325. The molecule has 2 N–H and O–H groups in total. The molecule has 0 aliphatic rings. The largest absolute Gasteiger partial charge is 0.476 e. The van der Waals surface area contributed by atoms with Gasteiger partial charge in [-0.2, -0.15) is 4.98 Å². The lowest BCUT2D eigenvalue weighted by molar-refractivity contribution is 0.0691. The molecule has 0 bridgehead atoms. The summed E-state index contributed by atoms with van der Waals surface area (Å²) in [6.07, 6.45) is 1.96. The number of anilines is 1. The lowest BCUT2D eigenvalue weighted by atomic mass is 10.3. The Labute approximate surface area is 103 Å². The zero-order chi connectivity index (χ0) is 13.0. The van der Waals surface area contributed by atoms with Crippen LogP contribution in [-0.2, 0) is 6.42 Å². The molecule has 94 valence electrons. The smallest absolute Gasteiger partial charge is 0.356 e. The van der Waals surface area contributed by atoms with Gasteiger partial charge in [0.25, 0.3) is 0 Å². The molecule has 2 aromatic rings. The third kappa shape index (κ3) is 2.82. The second-order valence-corrected chi connectivity index (χ2v) is 3.62. The zero-order valence-corrected chi connectivity index (χ0v) is 9.75. The van der Waals surface area contributed by atoms with Gasteiger partial charge >= 0.3 is 5.97 Å². The van der Waals surface area contributed by atoms with E-state index < -0.39 is 5.97 Å². The van der Waals surface area contributed by atoms with Crippen molar-refractivity contribution >= 4 is 11.7 Å². The summed E-state index contributed by atoms with van der Waals surface area (Å²) in [5, 5.41) is 15.6. The number of aromatic carboxylic acids is 1. The van der Waals surface area contributed by atoms with Crippen LogP contribution in [-0.4, -0.2) is 32.7 Å². The maximum absolute atomic E-state index is 10.9. The van der Waals surface area contributed by atoms with Crippen molar-refractivity contribution in [2.75, 3.05) is 11.9 Å². The molecule has 0 aromatic carbocycles. The predicted octanol–water partition coefficient (Wildman–Crippen LogP) is 1.13. The predicted molar refractivity (Wildman–Crippen MR) is 62.4 cm³/mol. The van der Waals surface area contributed by atoms with Crippen molar-refractivity contribution < 1.29 is 14.4 Å². The van der Waals surface area contributed by atoms with Gasteiger partial charge < -0.3 is 14.9 Å². The van der Waals surface area contributed by atoms with Crippen molar-refractivity contribution in [3.63, 3.8) is 0 Å². The van der Waals surface area contributed by atoms with Crippen molar-refractivity contribution in [2.24, 2.45) is 0 Å². The van der Waals surface area contributed by atoms with Gasteiger partial charge in [0.05, 0.1) is 5.69 Å². The second-order valence-electron chi connectivity index (χ2n) is 3.62. The lowest BCUT2D eigenvalue weighted by Gasteiger charge is -2.06. The number of carboxylic acid groups (broad SMARTS) is 1. The van der Waals surface area contributed by atoms with Crippen LogP contribution in [0.2, 0.25) is 0 Å². The summed E-state index contributed by atoms with van der Waals surface area (Å²) < 4.78 is 4.95. The van der Waals surface area contributed by atoms with Crippen molar-refractivity contribution in [3.05, 3.63) is 35.7 Å². The molecule has 0 radical (unpaired) electrons. The monoisotopic (exact) mass is 248 g/mol. The zero-order valence-electron chi connectivity index (χ0n) is 9.75. The molecule has 0 atom stereocenters. The fourth-order valence-corrected chi connectivity index (χ4v) is 1.46. The summed E-state index contributed by atoms with van der Waals surface area (Å²) in [5.41, 5.74) is 0.473. The number of hydrogen-bond acceptors (Lipinski definition) is 6. The summed E-state index contributed by atoms with van der Waals surface area (Å²) in [7, 11) is 0. The first-order chi connectivity index (χ1) is 8.66. The SMILES string of the molecule is Cc1noc(CCNc2cccnc2C(=O)O)n1. The average molecular weight is 248 g/mol. The van der Waals surface area contributed by atoms with Crippen LogP contribution in [0.5, 0.6) is 0 Å². The fraction of sp³-hybridized carbons (Fsp3) is 0.273. The first-order valence-corrected chi connectivity index (χ1v) is 5.38. The van der Waals surface area contributed by atoms with E-state index in [0.29, 0.717) is 30.4 Å². The Balaban J connectivity index is 1.96. The highest BCUT2D eigenvalue weighted by Crippen LogP contribution is 2.11. The van der Waals surface area contributed by atoms with Gasteiger partial charge in [0.1, 0.15) is 0 Å². The van der Waals surface area contributed by atoms with E-state index in [4.69, 9.17) is 9.63 Å². The molecule has 0 aliphatic carbocycles. The van der Waals surface area contributed by atoms with E-state index in [1.54, 1.807) is 19.1 Å². The molecule has 0 spiro atoms. The number of carboxylic acids is 1. The van der Waals surface area contributed by atoms with Gasteiger partial charge in [-0.25, -0.2) is 9.78 Å². The highest BCUT2D eigenvalue weighted by Gasteiger charge is 2.10. The van der Waals surface area contributed by atoms with Crippen molar-refractivity contribution in [1.29, 1.82) is 0 Å². The average Bonchev–Trinajstić information content (AvgIpc) is 2.75. The first kappa shape index (κ1) is 12.0. The number of pyridine rings is 1. The first-order valence-electron chi connectivity index (χ1n) is 5.38. The van der Waals surface area contributed by atoms with Crippen LogP contribution in [0.4, 0.5) is 5.69 Å². The summed E-state index contributed by atoms with van der Waals surface area (Å²) >= 11 is 0. The van der Waals surface area contributed by atoms with E-state index in [0.717, 1.165) is 0 Å². The molecular weight excluding hydrogens is 236 g/mol. The molecular formula is C11H12N4O3. The lowest BCUT2D eigenvalue weighted by Crippen LogP contribution is -2.11. The Kier molecular flexibility index (Phi) is 3.52. The highest BCUT2D eigenvalue weighted by atomic mass is 16.5. The molecule has 2 heterocycles. The van der Waals surface area contributed by atoms with Crippen molar-refractivity contribution in [3.8, 4) is 0 Å². The van der Waals surface area contributed by atoms with Gasteiger partial charge in [-0.3, -0.25) is 0 Å². The van der Waals surface area contributed by atoms with E-state index in [1.165, 1.54) is 6.20 Å². The quantitative estimate of drug-likeness (QED) is 0.817. The molecule has 2 rings (SSSR count). The third-order valence-corrected chi connectivity index (χ3v) is 2.23. The summed E-state index contributed by atoms with van der Waals surface area (Å²) in [4.78, 5) is 18.8. The molecule has 0 amide bonds. The minimum atomic E-state index is -1.06. The molecule has 0 fully saturated rings. The Morgan fingerprint density at radius 3 is 3.06 bits per heavy atom. The van der Waals surface area contributed by atoms with Crippen LogP contribution >= 0.6 is 0 Å². The van der Waals surface area contributed by atoms with E-state index in [-0.39, 0.29) is 5.69 Å². The Morgan fingerprint density at radius 1 is 1.56 bits per heavy atom. The fourth-order valence-electron chi connectivity index (χ4n) is 1.46. The molecule has 7 nitrogen and oxygen atoms in total. The number of nitrogens with zero attached hydrogens (tertiary/aromatic N) is 3. The van der Waals surface area contributed by atoms with Gasteiger partial charge in [0.2, 0.25) is 5.89 Å². The number of hydrogen-bond donors (Lipinski definition) is 2. The minimum absolute atomic E-state index is 0.000732. The topological polar surface area (TPSA) is 101 Å². The number of rotatable bonds is 5. The van der Waals surface area contributed by atoms with E-state index in [1.807, 2.05) is 0 Å². The molecule has 0 saturated carbocycles. The number of aromatic nitrogens is 3. The number of carbonyl (C=O) groups is 1. The maximum atomic E-state index is 10.9. The van der Waals surface area contributed by atoms with Crippen molar-refractivity contribution in [1.82, 2.24) is 15.1 Å². The van der Waals surface area contributed by atoms with Crippen LogP contribution in [0, 0.1) is 6.92 Å². The van der Waals surface area contributed by atoms with E-state index in [9.17, 15) is 4.79 Å². The van der Waals surface area contributed by atoms with Crippen molar-refractivity contribution in [2.45, 2.75) is 13.3 Å². The molecule has 7 heteroatoms. The van der Waals surface area contributed by atoms with Gasteiger partial charge in [-0.1, -0.05) is 5.16 Å². The standard InChI is InChI=1S/C11H12N4O3/c1-7-14-9(18-15-7)4-6-12-8-3-2-5-13-10(8)11(16)17/h2-3,5,12H,4,6H2,1H3,(H,16,17). The number of nitrogens with one attached hydrogen (secondary N) is 1. The minimum Gasteiger partial charge on any atom is -0.476 e. The molecule has 0 aliphatic heterocycles. The number of aryl methyl sites for hydroxylation is 1. The summed E-state index contributed by atoms with van der Waals surface area (Å²) in [6.45, 7) is 2.23. The molecule has 0 saturated heterocycles. The molecule has 2 aromatic heterocycles. The maximum Gasteiger partial charge on any atom is 0.356 e. The van der Waals surface area contributed by atoms with Crippen LogP contribution in [0.15, 0.2) is 22.9 Å². The normalized spacial score (nSPS) is 10.3. The second kappa shape index (κ2) is 5.26. The van der Waals surface area contributed by atoms with Gasteiger partial charge in [0, 0.05) is 19.2 Å². The highest BCUT2D eigenvalue weighted by molar-refractivity contribution is 5.91. The molecule has 0 unspecified atom stereocenters. The Bertz CT molecular complexity index is 553.